The van der Waals surface area contributed by atoms with Crippen LogP contribution in [0.15, 0.2) is 36.7 Å². The van der Waals surface area contributed by atoms with Crippen LogP contribution in [0, 0.1) is 5.92 Å². The van der Waals surface area contributed by atoms with Crippen LogP contribution in [0.5, 0.6) is 0 Å². The van der Waals surface area contributed by atoms with Gasteiger partial charge >= 0.3 is 0 Å². The first-order chi connectivity index (χ1) is 11.6. The fourth-order valence-electron chi connectivity index (χ4n) is 3.16. The number of aliphatic hydroxyl groups is 1. The Hall–Kier alpha value is -1.85. The highest BCUT2D eigenvalue weighted by Crippen LogP contribution is 2.23. The van der Waals surface area contributed by atoms with Crippen molar-refractivity contribution in [2.75, 3.05) is 6.54 Å². The topological polar surface area (TPSA) is 67.2 Å². The fourth-order valence-corrected chi connectivity index (χ4v) is 3.35. The van der Waals surface area contributed by atoms with E-state index in [4.69, 9.17) is 11.6 Å². The molecule has 1 aromatic carbocycles. The Morgan fingerprint density at radius 2 is 2.21 bits per heavy atom. The zero-order valence-corrected chi connectivity index (χ0v) is 14.2. The fraction of sp³-hybridized carbons (Fsp3) is 0.444. The van der Waals surface area contributed by atoms with Gasteiger partial charge in [-0.15, -0.1) is 0 Å². The quantitative estimate of drug-likeness (QED) is 0.874. The standard InChI is InChI=1S/C18H22ClN3O2/c19-17-7-2-1-5-14(17)11-22-12-15(10-21-22)18(24)20-9-13-4-3-6-16(23)8-13/h1-2,5,7,10,12-13,16,23H,3-4,6,8-9,11H2,(H,20,24). The van der Waals surface area contributed by atoms with Gasteiger partial charge in [0.1, 0.15) is 0 Å². The van der Waals surface area contributed by atoms with Crippen LogP contribution in [0.2, 0.25) is 5.02 Å². The molecule has 2 aromatic rings. The molecule has 2 atom stereocenters. The van der Waals surface area contributed by atoms with Gasteiger partial charge in [-0.1, -0.05) is 36.2 Å². The summed E-state index contributed by atoms with van der Waals surface area (Å²) in [6, 6.07) is 7.59. The summed E-state index contributed by atoms with van der Waals surface area (Å²) >= 11 is 6.15. The lowest BCUT2D eigenvalue weighted by molar-refractivity contribution is 0.0873. The van der Waals surface area contributed by atoms with Crippen molar-refractivity contribution in [3.05, 3.63) is 52.8 Å². The highest BCUT2D eigenvalue weighted by molar-refractivity contribution is 6.31. The van der Waals surface area contributed by atoms with Crippen LogP contribution >= 0.6 is 11.6 Å². The number of rotatable bonds is 5. The molecule has 24 heavy (non-hydrogen) atoms. The van der Waals surface area contributed by atoms with E-state index in [9.17, 15) is 9.90 Å². The second kappa shape index (κ2) is 7.81. The van der Waals surface area contributed by atoms with Crippen LogP contribution in [0.4, 0.5) is 0 Å². The molecular weight excluding hydrogens is 326 g/mol. The Morgan fingerprint density at radius 3 is 3.00 bits per heavy atom. The van der Waals surface area contributed by atoms with Gasteiger partial charge in [-0.2, -0.15) is 5.10 Å². The lowest BCUT2D eigenvalue weighted by Gasteiger charge is -2.25. The number of benzene rings is 1. The number of hydrogen-bond acceptors (Lipinski definition) is 3. The summed E-state index contributed by atoms with van der Waals surface area (Å²) in [5, 5.41) is 17.6. The van der Waals surface area contributed by atoms with Crippen molar-refractivity contribution < 1.29 is 9.90 Å². The molecule has 0 saturated heterocycles. The smallest absolute Gasteiger partial charge is 0.254 e. The maximum atomic E-state index is 12.2. The summed E-state index contributed by atoms with van der Waals surface area (Å²) in [4.78, 5) is 12.2. The van der Waals surface area contributed by atoms with Gasteiger partial charge < -0.3 is 10.4 Å². The predicted octanol–water partition coefficient (Wildman–Crippen LogP) is 2.87. The minimum atomic E-state index is -0.223. The number of nitrogens with zero attached hydrogens (tertiary/aromatic N) is 2. The minimum Gasteiger partial charge on any atom is -0.393 e. The van der Waals surface area contributed by atoms with E-state index in [0.29, 0.717) is 29.6 Å². The maximum Gasteiger partial charge on any atom is 0.254 e. The molecule has 2 unspecified atom stereocenters. The van der Waals surface area contributed by atoms with Gasteiger partial charge in [0, 0.05) is 17.8 Å². The molecular formula is C18H22ClN3O2. The van der Waals surface area contributed by atoms with Crippen molar-refractivity contribution in [1.82, 2.24) is 15.1 Å². The van der Waals surface area contributed by atoms with E-state index in [1.54, 1.807) is 17.1 Å². The number of amides is 1. The van der Waals surface area contributed by atoms with E-state index in [2.05, 4.69) is 10.4 Å². The number of nitrogens with one attached hydrogen (secondary N) is 1. The number of halogens is 1. The second-order valence-corrected chi connectivity index (χ2v) is 6.82. The van der Waals surface area contributed by atoms with Gasteiger partial charge in [0.05, 0.1) is 24.4 Å². The predicted molar refractivity (Wildman–Crippen MR) is 93.1 cm³/mol. The van der Waals surface area contributed by atoms with Crippen molar-refractivity contribution in [2.24, 2.45) is 5.92 Å². The van der Waals surface area contributed by atoms with Gasteiger partial charge in [0.2, 0.25) is 0 Å². The molecule has 1 aromatic heterocycles. The first-order valence-electron chi connectivity index (χ1n) is 8.34. The Labute approximate surface area is 146 Å². The summed E-state index contributed by atoms with van der Waals surface area (Å²) in [5.74, 6) is 0.233. The summed E-state index contributed by atoms with van der Waals surface area (Å²) in [6.07, 6.45) is 6.81. The van der Waals surface area contributed by atoms with E-state index in [1.807, 2.05) is 24.3 Å². The molecule has 1 aliphatic rings. The van der Waals surface area contributed by atoms with Crippen molar-refractivity contribution >= 4 is 17.5 Å². The van der Waals surface area contributed by atoms with Crippen LogP contribution in [0.25, 0.3) is 0 Å². The van der Waals surface area contributed by atoms with Gasteiger partial charge in [0.25, 0.3) is 5.91 Å². The first kappa shape index (κ1) is 17.0. The Balaban J connectivity index is 1.55. The van der Waals surface area contributed by atoms with E-state index < -0.39 is 0 Å². The van der Waals surface area contributed by atoms with E-state index in [0.717, 1.165) is 31.2 Å². The summed E-state index contributed by atoms with van der Waals surface area (Å²) in [7, 11) is 0. The zero-order chi connectivity index (χ0) is 16.9. The first-order valence-corrected chi connectivity index (χ1v) is 8.71. The molecule has 128 valence electrons. The van der Waals surface area contributed by atoms with Crippen LogP contribution in [0.1, 0.15) is 41.6 Å². The molecule has 5 nitrogen and oxygen atoms in total. The number of carbonyl (C=O) groups excluding carboxylic acids is 1. The maximum absolute atomic E-state index is 12.2. The largest absolute Gasteiger partial charge is 0.393 e. The molecule has 1 heterocycles. The normalized spacial score (nSPS) is 20.8. The molecule has 0 aliphatic heterocycles. The molecule has 3 rings (SSSR count). The Morgan fingerprint density at radius 1 is 1.38 bits per heavy atom. The molecule has 0 bridgehead atoms. The molecule has 0 spiro atoms. The summed E-state index contributed by atoms with van der Waals surface area (Å²) in [6.45, 7) is 1.13. The van der Waals surface area contributed by atoms with E-state index in [-0.39, 0.29) is 12.0 Å². The van der Waals surface area contributed by atoms with Crippen molar-refractivity contribution in [1.29, 1.82) is 0 Å². The van der Waals surface area contributed by atoms with Crippen LogP contribution < -0.4 is 5.32 Å². The molecule has 1 aliphatic carbocycles. The van der Waals surface area contributed by atoms with Crippen molar-refractivity contribution in [2.45, 2.75) is 38.3 Å². The monoisotopic (exact) mass is 347 g/mol. The third kappa shape index (κ3) is 4.36. The van der Waals surface area contributed by atoms with Crippen LogP contribution in [0.3, 0.4) is 0 Å². The molecule has 2 N–H and O–H groups in total. The van der Waals surface area contributed by atoms with Gasteiger partial charge in [-0.3, -0.25) is 9.48 Å². The highest BCUT2D eigenvalue weighted by Gasteiger charge is 2.21. The van der Waals surface area contributed by atoms with Crippen LogP contribution in [-0.4, -0.2) is 33.4 Å². The van der Waals surface area contributed by atoms with Gasteiger partial charge in [0.15, 0.2) is 0 Å². The SMILES string of the molecule is O=C(NCC1CCCC(O)C1)c1cnn(Cc2ccccc2Cl)c1. The second-order valence-electron chi connectivity index (χ2n) is 6.41. The number of aliphatic hydroxyl groups excluding tert-OH is 1. The average molecular weight is 348 g/mol. The number of hydrogen-bond donors (Lipinski definition) is 2. The summed E-state index contributed by atoms with van der Waals surface area (Å²) in [5.41, 5.74) is 1.50. The third-order valence-electron chi connectivity index (χ3n) is 4.49. The van der Waals surface area contributed by atoms with Crippen molar-refractivity contribution in [3.8, 4) is 0 Å². The molecule has 1 saturated carbocycles. The Kier molecular flexibility index (Phi) is 5.53. The molecule has 0 radical (unpaired) electrons. The minimum absolute atomic E-state index is 0.125. The molecule has 6 heteroatoms. The van der Waals surface area contributed by atoms with Crippen LogP contribution in [-0.2, 0) is 6.54 Å². The highest BCUT2D eigenvalue weighted by atomic mass is 35.5. The number of aromatic nitrogens is 2. The zero-order valence-electron chi connectivity index (χ0n) is 13.5. The molecule has 1 fully saturated rings. The Bertz CT molecular complexity index is 701. The average Bonchev–Trinajstić information content (AvgIpc) is 3.04. The number of carbonyl (C=O) groups is 1. The van der Waals surface area contributed by atoms with Crippen molar-refractivity contribution in [3.63, 3.8) is 0 Å². The lowest BCUT2D eigenvalue weighted by atomic mass is 9.87. The third-order valence-corrected chi connectivity index (χ3v) is 4.86. The summed E-state index contributed by atoms with van der Waals surface area (Å²) < 4.78 is 1.71. The molecule has 1 amide bonds. The van der Waals surface area contributed by atoms with E-state index >= 15 is 0 Å². The van der Waals surface area contributed by atoms with E-state index in [1.165, 1.54) is 0 Å². The van der Waals surface area contributed by atoms with Gasteiger partial charge in [-0.05, 0) is 36.8 Å². The lowest BCUT2D eigenvalue weighted by Crippen LogP contribution is -2.32. The van der Waals surface area contributed by atoms with Gasteiger partial charge in [-0.25, -0.2) is 0 Å².